The third-order valence-electron chi connectivity index (χ3n) is 9.45. The maximum absolute atomic E-state index is 2.74. The fourth-order valence-electron chi connectivity index (χ4n) is 8.49. The van der Waals surface area contributed by atoms with Crippen molar-refractivity contribution in [3.8, 4) is 0 Å². The summed E-state index contributed by atoms with van der Waals surface area (Å²) in [5.74, 6) is 5.36. The molecule has 0 N–H and O–H groups in total. The topological polar surface area (TPSA) is 0 Å². The monoisotopic (exact) mass is 328 g/mol. The second-order valence-electron chi connectivity index (χ2n) is 9.81. The Morgan fingerprint density at radius 2 is 1.58 bits per heavy atom. The van der Waals surface area contributed by atoms with Crippen LogP contribution in [0, 0.1) is 40.4 Å². The number of hydrogen-bond acceptors (Lipinski definition) is 0. The van der Waals surface area contributed by atoms with E-state index in [1.807, 2.05) is 13.8 Å². The first kappa shape index (κ1) is 17.2. The summed E-state index contributed by atoms with van der Waals surface area (Å²) in [6.45, 7) is 6.72. The largest absolute Gasteiger partial charge is 0.0879 e. The average molecular weight is 329 g/mol. The van der Waals surface area contributed by atoms with Crippen LogP contribution in [0.1, 0.15) is 97.8 Å². The van der Waals surface area contributed by atoms with Gasteiger partial charge in [0.25, 0.3) is 0 Å². The SMILES string of the molecule is CC.CC12CCCCC1CCC1C2CCC23C=CCCC2CCC13. The molecule has 0 bridgehead atoms. The molecule has 0 amide bonds. The van der Waals surface area contributed by atoms with Crippen LogP contribution in [0.15, 0.2) is 12.2 Å². The maximum atomic E-state index is 2.74. The van der Waals surface area contributed by atoms with Crippen molar-refractivity contribution < 1.29 is 0 Å². The zero-order chi connectivity index (χ0) is 16.8. The van der Waals surface area contributed by atoms with E-state index >= 15 is 0 Å². The summed E-state index contributed by atoms with van der Waals surface area (Å²) in [6.07, 6.45) is 23.7. The van der Waals surface area contributed by atoms with Gasteiger partial charge in [0.2, 0.25) is 0 Å². The van der Waals surface area contributed by atoms with Gasteiger partial charge < -0.3 is 0 Å². The fourth-order valence-corrected chi connectivity index (χ4v) is 8.49. The molecule has 4 saturated carbocycles. The molecule has 7 atom stereocenters. The first-order valence-corrected chi connectivity index (χ1v) is 11.4. The van der Waals surface area contributed by atoms with E-state index in [-0.39, 0.29) is 0 Å². The molecule has 0 aromatic carbocycles. The van der Waals surface area contributed by atoms with Crippen LogP contribution in [-0.2, 0) is 0 Å². The molecule has 0 heterocycles. The number of rotatable bonds is 0. The average Bonchev–Trinajstić information content (AvgIpc) is 3.02. The van der Waals surface area contributed by atoms with Crippen LogP contribution in [0.4, 0.5) is 0 Å². The quantitative estimate of drug-likeness (QED) is 0.407. The molecule has 1 spiro atoms. The summed E-state index contributed by atoms with van der Waals surface area (Å²) < 4.78 is 0. The Bertz CT molecular complexity index is 476. The number of allylic oxidation sites excluding steroid dienone is 2. The van der Waals surface area contributed by atoms with Gasteiger partial charge in [-0.15, -0.1) is 0 Å². The van der Waals surface area contributed by atoms with Gasteiger partial charge in [0.15, 0.2) is 0 Å². The van der Waals surface area contributed by atoms with E-state index in [2.05, 4.69) is 19.1 Å². The van der Waals surface area contributed by atoms with Crippen molar-refractivity contribution in [2.75, 3.05) is 0 Å². The van der Waals surface area contributed by atoms with Crippen LogP contribution in [-0.4, -0.2) is 0 Å². The van der Waals surface area contributed by atoms with Crippen LogP contribution in [0.3, 0.4) is 0 Å². The first-order chi connectivity index (χ1) is 11.7. The molecule has 5 rings (SSSR count). The lowest BCUT2D eigenvalue weighted by Crippen LogP contribution is -2.53. The highest BCUT2D eigenvalue weighted by Crippen LogP contribution is 2.69. The highest BCUT2D eigenvalue weighted by atomic mass is 14.6. The summed E-state index contributed by atoms with van der Waals surface area (Å²) in [6, 6.07) is 0. The van der Waals surface area contributed by atoms with Gasteiger partial charge in [-0.3, -0.25) is 0 Å². The zero-order valence-electron chi connectivity index (χ0n) is 16.5. The van der Waals surface area contributed by atoms with Gasteiger partial charge in [-0.1, -0.05) is 45.8 Å². The molecule has 0 aliphatic heterocycles. The second kappa shape index (κ2) is 6.48. The molecule has 5 aliphatic rings. The first-order valence-electron chi connectivity index (χ1n) is 11.4. The molecule has 0 radical (unpaired) electrons. The minimum atomic E-state index is 0.664. The highest BCUT2D eigenvalue weighted by Gasteiger charge is 2.60. The minimum absolute atomic E-state index is 0.664. The summed E-state index contributed by atoms with van der Waals surface area (Å²) in [5.41, 5.74) is 1.39. The van der Waals surface area contributed by atoms with Crippen molar-refractivity contribution >= 4 is 0 Å². The summed E-state index contributed by atoms with van der Waals surface area (Å²) in [5, 5.41) is 0. The van der Waals surface area contributed by atoms with Gasteiger partial charge in [-0.25, -0.2) is 0 Å². The molecular formula is C24H40. The lowest BCUT2D eigenvalue weighted by Gasteiger charge is -2.61. The smallest absolute Gasteiger partial charge is 0.00588 e. The van der Waals surface area contributed by atoms with Crippen LogP contribution in [0.5, 0.6) is 0 Å². The van der Waals surface area contributed by atoms with E-state index in [9.17, 15) is 0 Å². The van der Waals surface area contributed by atoms with Crippen LogP contribution in [0.2, 0.25) is 0 Å². The Kier molecular flexibility index (Phi) is 4.63. The van der Waals surface area contributed by atoms with E-state index in [4.69, 9.17) is 0 Å². The molecule has 0 nitrogen and oxygen atoms in total. The van der Waals surface area contributed by atoms with E-state index in [1.165, 1.54) is 25.7 Å². The molecule has 4 fully saturated rings. The van der Waals surface area contributed by atoms with E-state index in [0.29, 0.717) is 5.41 Å². The minimum Gasteiger partial charge on any atom is -0.0879 e. The van der Waals surface area contributed by atoms with Gasteiger partial charge >= 0.3 is 0 Å². The summed E-state index contributed by atoms with van der Waals surface area (Å²) in [4.78, 5) is 0. The standard InChI is InChI=1S/C22H34.C2H6/c1-21-13-4-2-6-16(21)8-10-18-19(21)12-15-22-14-5-3-7-17(22)9-11-20(18)22;1-2/h5,14,16-20H,2-4,6-13,15H2,1H3;1-2H3. The van der Waals surface area contributed by atoms with Crippen molar-refractivity contribution in [2.24, 2.45) is 40.4 Å². The molecule has 5 aliphatic carbocycles. The highest BCUT2D eigenvalue weighted by molar-refractivity contribution is 5.18. The van der Waals surface area contributed by atoms with E-state index in [0.717, 1.165) is 35.0 Å². The summed E-state index contributed by atoms with van der Waals surface area (Å²) in [7, 11) is 0. The predicted octanol–water partition coefficient (Wildman–Crippen LogP) is 7.39. The van der Waals surface area contributed by atoms with Gasteiger partial charge in [0.05, 0.1) is 0 Å². The normalized spacial score (nSPS) is 52.2. The maximum Gasteiger partial charge on any atom is -0.00588 e. The fraction of sp³-hybridized carbons (Fsp3) is 0.917. The third-order valence-corrected chi connectivity index (χ3v) is 9.45. The Labute approximate surface area is 150 Å². The van der Waals surface area contributed by atoms with Crippen LogP contribution >= 0.6 is 0 Å². The molecule has 0 aromatic rings. The second-order valence-corrected chi connectivity index (χ2v) is 9.81. The van der Waals surface area contributed by atoms with Gasteiger partial charge in [0.1, 0.15) is 0 Å². The van der Waals surface area contributed by atoms with Crippen molar-refractivity contribution in [1.29, 1.82) is 0 Å². The number of fused-ring (bicyclic) bond motifs is 4. The number of hydrogen-bond donors (Lipinski definition) is 0. The van der Waals surface area contributed by atoms with E-state index < -0.39 is 0 Å². The zero-order valence-corrected chi connectivity index (χ0v) is 16.5. The predicted molar refractivity (Wildman–Crippen MR) is 104 cm³/mol. The van der Waals surface area contributed by atoms with E-state index in [1.54, 1.807) is 51.4 Å². The Hall–Kier alpha value is -0.260. The Morgan fingerprint density at radius 3 is 2.46 bits per heavy atom. The van der Waals surface area contributed by atoms with Gasteiger partial charge in [0, 0.05) is 0 Å². The van der Waals surface area contributed by atoms with Crippen LogP contribution < -0.4 is 0 Å². The van der Waals surface area contributed by atoms with Gasteiger partial charge in [-0.2, -0.15) is 0 Å². The molecule has 7 unspecified atom stereocenters. The molecule has 136 valence electrons. The molecule has 0 heteroatoms. The van der Waals surface area contributed by atoms with Crippen molar-refractivity contribution in [3.05, 3.63) is 12.2 Å². The lowest BCUT2D eigenvalue weighted by molar-refractivity contribution is -0.104. The van der Waals surface area contributed by atoms with Crippen molar-refractivity contribution in [1.82, 2.24) is 0 Å². The molecule has 0 aromatic heterocycles. The van der Waals surface area contributed by atoms with Crippen molar-refractivity contribution in [2.45, 2.75) is 97.8 Å². The molecule has 24 heavy (non-hydrogen) atoms. The molecule has 0 saturated heterocycles. The third kappa shape index (κ3) is 2.30. The van der Waals surface area contributed by atoms with Gasteiger partial charge in [-0.05, 0) is 105 Å². The van der Waals surface area contributed by atoms with Crippen LogP contribution in [0.25, 0.3) is 0 Å². The van der Waals surface area contributed by atoms with Crippen molar-refractivity contribution in [3.63, 3.8) is 0 Å². The lowest BCUT2D eigenvalue weighted by atomic mass is 9.44. The molecular weight excluding hydrogens is 288 g/mol. The summed E-state index contributed by atoms with van der Waals surface area (Å²) >= 11 is 0. The Morgan fingerprint density at radius 1 is 0.750 bits per heavy atom. The Balaban J connectivity index is 0.000000704.